The molecule has 0 bridgehead atoms. The van der Waals surface area contributed by atoms with Gasteiger partial charge in [0.1, 0.15) is 23.0 Å². The summed E-state index contributed by atoms with van der Waals surface area (Å²) in [5, 5.41) is 14.4. The third-order valence-corrected chi connectivity index (χ3v) is 6.63. The first kappa shape index (κ1) is 22.9. The first-order chi connectivity index (χ1) is 16.8. The summed E-state index contributed by atoms with van der Waals surface area (Å²) in [7, 11) is 0. The topological polar surface area (TPSA) is 115 Å². The van der Waals surface area contributed by atoms with Crippen molar-refractivity contribution < 1.29 is 23.5 Å². The van der Waals surface area contributed by atoms with Crippen LogP contribution in [0.3, 0.4) is 0 Å². The second-order valence-corrected chi connectivity index (χ2v) is 9.53. The fourth-order valence-electron chi connectivity index (χ4n) is 4.67. The Morgan fingerprint density at radius 2 is 1.91 bits per heavy atom. The standard InChI is InChI=1S/C26H28N4O5/c1-15(2)30(25(31)17-10-8-16(3)9-11-17)23-19(26(32)33)13-29(28-23)18-12-22(34-14-18)24-27-20-6-4-5-7-21(20)35-24/h4-7,12-17H,8-11H2,1-3H3,(H,32,33). The molecule has 1 N–H and O–H groups in total. The summed E-state index contributed by atoms with van der Waals surface area (Å²) in [5.74, 6) is 0.105. The maximum absolute atomic E-state index is 13.5. The number of benzene rings is 1. The van der Waals surface area contributed by atoms with E-state index in [0.717, 1.165) is 25.7 Å². The Balaban J connectivity index is 1.48. The monoisotopic (exact) mass is 476 g/mol. The molecule has 1 fully saturated rings. The molecule has 1 saturated carbocycles. The van der Waals surface area contributed by atoms with Crippen LogP contribution in [0.2, 0.25) is 0 Å². The number of carbonyl (C=O) groups excluding carboxylic acids is 1. The van der Waals surface area contributed by atoms with E-state index in [9.17, 15) is 14.7 Å². The van der Waals surface area contributed by atoms with Crippen molar-refractivity contribution in [1.29, 1.82) is 0 Å². The minimum absolute atomic E-state index is 0.0409. The van der Waals surface area contributed by atoms with Gasteiger partial charge in [-0.25, -0.2) is 14.5 Å². The van der Waals surface area contributed by atoms with E-state index in [1.165, 1.54) is 22.0 Å². The lowest BCUT2D eigenvalue weighted by Crippen LogP contribution is -2.43. The number of oxazole rings is 1. The van der Waals surface area contributed by atoms with E-state index in [0.29, 0.717) is 34.4 Å². The smallest absolute Gasteiger partial charge is 0.341 e. The number of aromatic carboxylic acids is 1. The number of rotatable bonds is 6. The van der Waals surface area contributed by atoms with Crippen LogP contribution in [0.5, 0.6) is 0 Å². The van der Waals surface area contributed by atoms with Gasteiger partial charge >= 0.3 is 5.97 Å². The van der Waals surface area contributed by atoms with Gasteiger partial charge < -0.3 is 13.9 Å². The quantitative estimate of drug-likeness (QED) is 0.388. The summed E-state index contributed by atoms with van der Waals surface area (Å²) in [6.07, 6.45) is 6.47. The summed E-state index contributed by atoms with van der Waals surface area (Å²) >= 11 is 0. The van der Waals surface area contributed by atoms with Crippen LogP contribution in [0, 0.1) is 11.8 Å². The van der Waals surface area contributed by atoms with Gasteiger partial charge in [0.2, 0.25) is 5.91 Å². The molecule has 5 rings (SSSR count). The molecule has 9 nitrogen and oxygen atoms in total. The number of nitrogens with zero attached hydrogens (tertiary/aromatic N) is 4. The molecule has 182 valence electrons. The largest absolute Gasteiger partial charge is 0.477 e. The Bertz CT molecular complexity index is 1340. The van der Waals surface area contributed by atoms with Gasteiger partial charge in [0.25, 0.3) is 5.89 Å². The Hall–Kier alpha value is -3.88. The highest BCUT2D eigenvalue weighted by Gasteiger charge is 2.34. The maximum atomic E-state index is 13.5. The lowest BCUT2D eigenvalue weighted by atomic mass is 9.82. The van der Waals surface area contributed by atoms with Crippen LogP contribution in [-0.2, 0) is 4.79 Å². The first-order valence-corrected chi connectivity index (χ1v) is 11.9. The van der Waals surface area contributed by atoms with E-state index in [1.54, 1.807) is 6.07 Å². The lowest BCUT2D eigenvalue weighted by molar-refractivity contribution is -0.124. The average Bonchev–Trinajstić information content (AvgIpc) is 3.57. The highest BCUT2D eigenvalue weighted by molar-refractivity contribution is 6.01. The van der Waals surface area contributed by atoms with Crippen LogP contribution in [0.25, 0.3) is 28.4 Å². The highest BCUT2D eigenvalue weighted by Crippen LogP contribution is 2.33. The molecule has 9 heteroatoms. The Kier molecular flexibility index (Phi) is 5.92. The molecule has 1 aliphatic rings. The van der Waals surface area contributed by atoms with Gasteiger partial charge in [-0.05, 0) is 57.6 Å². The number of carbonyl (C=O) groups is 2. The van der Waals surface area contributed by atoms with Gasteiger partial charge in [0, 0.05) is 24.2 Å². The van der Waals surface area contributed by atoms with Gasteiger partial charge in [0.05, 0.1) is 0 Å². The van der Waals surface area contributed by atoms with Crippen molar-refractivity contribution in [3.8, 4) is 17.3 Å². The lowest BCUT2D eigenvalue weighted by Gasteiger charge is -2.32. The normalized spacial score (nSPS) is 18.3. The van der Waals surface area contributed by atoms with Crippen molar-refractivity contribution in [3.05, 3.63) is 48.4 Å². The summed E-state index contributed by atoms with van der Waals surface area (Å²) < 4.78 is 12.8. The maximum Gasteiger partial charge on any atom is 0.341 e. The molecule has 35 heavy (non-hydrogen) atoms. The SMILES string of the molecule is CC1CCC(C(=O)N(c2nn(-c3coc(-c4nc5ccccc5o4)c3)cc2C(=O)O)C(C)C)CC1. The summed E-state index contributed by atoms with van der Waals surface area (Å²) in [5.41, 5.74) is 1.80. The van der Waals surface area contributed by atoms with E-state index < -0.39 is 5.97 Å². The van der Waals surface area contributed by atoms with E-state index in [1.807, 2.05) is 38.1 Å². The third kappa shape index (κ3) is 4.34. The zero-order valence-corrected chi connectivity index (χ0v) is 20.0. The number of hydrogen-bond acceptors (Lipinski definition) is 6. The molecule has 0 radical (unpaired) electrons. The molecule has 1 aliphatic carbocycles. The number of fused-ring (bicyclic) bond motifs is 1. The zero-order valence-electron chi connectivity index (χ0n) is 20.0. The fourth-order valence-corrected chi connectivity index (χ4v) is 4.67. The molecule has 3 heterocycles. The minimum Gasteiger partial charge on any atom is -0.477 e. The predicted molar refractivity (Wildman–Crippen MR) is 130 cm³/mol. The van der Waals surface area contributed by atoms with Gasteiger partial charge in [-0.3, -0.25) is 9.69 Å². The van der Waals surface area contributed by atoms with Crippen LogP contribution < -0.4 is 4.90 Å². The summed E-state index contributed by atoms with van der Waals surface area (Å²) in [6.45, 7) is 5.94. The molecular weight excluding hydrogens is 448 g/mol. The van der Waals surface area contributed by atoms with Gasteiger partial charge in [-0.2, -0.15) is 0 Å². The predicted octanol–water partition coefficient (Wildman–Crippen LogP) is 5.54. The molecule has 0 atom stereocenters. The fraction of sp³-hybridized carbons (Fsp3) is 0.385. The van der Waals surface area contributed by atoms with Crippen molar-refractivity contribution in [2.24, 2.45) is 11.8 Å². The Morgan fingerprint density at radius 3 is 2.60 bits per heavy atom. The van der Waals surface area contributed by atoms with Crippen LogP contribution >= 0.6 is 0 Å². The molecule has 0 unspecified atom stereocenters. The van der Waals surface area contributed by atoms with Gasteiger partial charge in [-0.15, -0.1) is 5.10 Å². The van der Waals surface area contributed by atoms with Crippen LogP contribution in [-0.4, -0.2) is 37.8 Å². The number of amides is 1. The van der Waals surface area contributed by atoms with Crippen LogP contribution in [0.1, 0.15) is 56.8 Å². The Morgan fingerprint density at radius 1 is 1.17 bits per heavy atom. The molecule has 0 spiro atoms. The number of carboxylic acids is 1. The van der Waals surface area contributed by atoms with E-state index >= 15 is 0 Å². The first-order valence-electron chi connectivity index (χ1n) is 11.9. The number of furan rings is 1. The highest BCUT2D eigenvalue weighted by atomic mass is 16.4. The molecular formula is C26H28N4O5. The molecule has 1 amide bonds. The van der Waals surface area contributed by atoms with E-state index in [-0.39, 0.29) is 29.2 Å². The zero-order chi connectivity index (χ0) is 24.7. The van der Waals surface area contributed by atoms with E-state index in [4.69, 9.17) is 8.83 Å². The third-order valence-electron chi connectivity index (χ3n) is 6.63. The second kappa shape index (κ2) is 9.05. The number of carboxylic acid groups (broad SMARTS) is 1. The molecule has 3 aromatic heterocycles. The molecule has 0 saturated heterocycles. The average molecular weight is 477 g/mol. The summed E-state index contributed by atoms with van der Waals surface area (Å²) in [6, 6.07) is 8.82. The van der Waals surface area contributed by atoms with Crippen molar-refractivity contribution in [2.45, 2.75) is 52.5 Å². The number of aromatic nitrogens is 3. The van der Waals surface area contributed by atoms with Gasteiger partial charge in [0.15, 0.2) is 17.2 Å². The molecule has 0 aliphatic heterocycles. The Labute approximate surface area is 202 Å². The van der Waals surface area contributed by atoms with Gasteiger partial charge in [-0.1, -0.05) is 19.1 Å². The van der Waals surface area contributed by atoms with Crippen molar-refractivity contribution >= 4 is 28.8 Å². The molecule has 4 aromatic rings. The number of hydrogen-bond donors (Lipinski definition) is 1. The van der Waals surface area contributed by atoms with Crippen LogP contribution in [0.4, 0.5) is 5.82 Å². The number of para-hydroxylation sites is 2. The summed E-state index contributed by atoms with van der Waals surface area (Å²) in [4.78, 5) is 31.6. The minimum atomic E-state index is -1.15. The van der Waals surface area contributed by atoms with E-state index in [2.05, 4.69) is 17.0 Å². The second-order valence-electron chi connectivity index (χ2n) is 9.53. The number of anilines is 1. The van der Waals surface area contributed by atoms with Crippen molar-refractivity contribution in [1.82, 2.24) is 14.8 Å². The van der Waals surface area contributed by atoms with Crippen molar-refractivity contribution in [3.63, 3.8) is 0 Å². The van der Waals surface area contributed by atoms with Crippen LogP contribution in [0.15, 0.2) is 51.6 Å². The molecule has 1 aromatic carbocycles. The van der Waals surface area contributed by atoms with Crippen molar-refractivity contribution in [2.75, 3.05) is 4.90 Å².